The second-order valence-corrected chi connectivity index (χ2v) is 2.19. The van der Waals surface area contributed by atoms with Crippen LogP contribution in [0.15, 0.2) is 36.4 Å². The lowest BCUT2D eigenvalue weighted by Gasteiger charge is -2.07. The predicted molar refractivity (Wildman–Crippen MR) is 49.4 cm³/mol. The van der Waals surface area contributed by atoms with Crippen LogP contribution in [0.2, 0.25) is 0 Å². The minimum Gasteiger partial charge on any atom is -0.494 e. The van der Waals surface area contributed by atoms with Crippen LogP contribution < -0.4 is 5.32 Å². The SMILES string of the molecule is C=C(NC)/C(=C\C(=C)[N+](=O)[O-])OC. The zero-order valence-corrected chi connectivity index (χ0v) is 7.66. The molecule has 0 fully saturated rings. The van der Waals surface area contributed by atoms with Gasteiger partial charge in [0.1, 0.15) is 5.76 Å². The average molecular weight is 184 g/mol. The van der Waals surface area contributed by atoms with Crippen molar-refractivity contribution < 1.29 is 9.66 Å². The van der Waals surface area contributed by atoms with E-state index in [0.717, 1.165) is 0 Å². The molecule has 0 aliphatic rings. The summed E-state index contributed by atoms with van der Waals surface area (Å²) in [6.07, 6.45) is 1.21. The Hall–Kier alpha value is -1.78. The molecule has 0 radical (unpaired) electrons. The molecule has 0 rings (SSSR count). The number of nitro groups is 1. The highest BCUT2D eigenvalue weighted by Crippen LogP contribution is 2.08. The molecular weight excluding hydrogens is 172 g/mol. The number of methoxy groups -OCH3 is 1. The first-order valence-corrected chi connectivity index (χ1v) is 3.49. The van der Waals surface area contributed by atoms with Gasteiger partial charge >= 0.3 is 0 Å². The van der Waals surface area contributed by atoms with Crippen molar-refractivity contribution in [2.75, 3.05) is 14.2 Å². The van der Waals surface area contributed by atoms with E-state index < -0.39 is 4.92 Å². The molecule has 0 aromatic heterocycles. The van der Waals surface area contributed by atoms with Crippen molar-refractivity contribution in [3.8, 4) is 0 Å². The molecule has 0 aliphatic heterocycles. The zero-order chi connectivity index (χ0) is 10.4. The van der Waals surface area contributed by atoms with E-state index in [9.17, 15) is 10.1 Å². The monoisotopic (exact) mass is 184 g/mol. The van der Waals surface area contributed by atoms with E-state index in [0.29, 0.717) is 11.5 Å². The Bertz CT molecular complexity index is 269. The third kappa shape index (κ3) is 3.42. The van der Waals surface area contributed by atoms with Crippen molar-refractivity contribution >= 4 is 0 Å². The van der Waals surface area contributed by atoms with Crippen LogP contribution in [-0.2, 0) is 4.74 Å². The molecule has 13 heavy (non-hydrogen) atoms. The van der Waals surface area contributed by atoms with E-state index in [4.69, 9.17) is 4.74 Å². The Labute approximate surface area is 76.5 Å². The normalized spacial score (nSPS) is 10.5. The summed E-state index contributed by atoms with van der Waals surface area (Å²) in [6.45, 7) is 6.82. The zero-order valence-electron chi connectivity index (χ0n) is 7.66. The molecule has 0 aromatic rings. The topological polar surface area (TPSA) is 64.4 Å². The number of hydrogen-bond acceptors (Lipinski definition) is 4. The highest BCUT2D eigenvalue weighted by molar-refractivity contribution is 5.26. The van der Waals surface area contributed by atoms with Gasteiger partial charge in [-0.1, -0.05) is 6.58 Å². The lowest BCUT2D eigenvalue weighted by atomic mass is 10.3. The fourth-order valence-electron chi connectivity index (χ4n) is 0.596. The second-order valence-electron chi connectivity index (χ2n) is 2.19. The Morgan fingerprint density at radius 3 is 2.46 bits per heavy atom. The molecule has 0 aliphatic carbocycles. The van der Waals surface area contributed by atoms with Crippen molar-refractivity contribution in [1.29, 1.82) is 0 Å². The van der Waals surface area contributed by atoms with E-state index in [-0.39, 0.29) is 5.70 Å². The summed E-state index contributed by atoms with van der Waals surface area (Å²) in [5, 5.41) is 12.9. The number of ether oxygens (including phenoxy) is 1. The van der Waals surface area contributed by atoms with Gasteiger partial charge in [0.25, 0.3) is 5.70 Å². The van der Waals surface area contributed by atoms with Gasteiger partial charge in [-0.2, -0.15) is 0 Å². The van der Waals surface area contributed by atoms with Gasteiger partial charge in [-0.3, -0.25) is 10.1 Å². The van der Waals surface area contributed by atoms with Crippen LogP contribution in [0.25, 0.3) is 0 Å². The minimum absolute atomic E-state index is 0.242. The van der Waals surface area contributed by atoms with E-state index in [1.807, 2.05) is 0 Å². The summed E-state index contributed by atoms with van der Waals surface area (Å²) in [4.78, 5) is 9.62. The fourth-order valence-corrected chi connectivity index (χ4v) is 0.596. The van der Waals surface area contributed by atoms with Crippen molar-refractivity contribution in [3.63, 3.8) is 0 Å². The summed E-state index contributed by atoms with van der Waals surface area (Å²) >= 11 is 0. The number of nitrogens with one attached hydrogen (secondary N) is 1. The minimum atomic E-state index is -0.595. The molecule has 72 valence electrons. The van der Waals surface area contributed by atoms with Crippen LogP contribution in [0.3, 0.4) is 0 Å². The lowest BCUT2D eigenvalue weighted by Crippen LogP contribution is -2.09. The van der Waals surface area contributed by atoms with Crippen molar-refractivity contribution in [2.24, 2.45) is 0 Å². The Balaban J connectivity index is 4.66. The van der Waals surface area contributed by atoms with Crippen LogP contribution >= 0.6 is 0 Å². The summed E-state index contributed by atoms with van der Waals surface area (Å²) in [6, 6.07) is 0. The molecular formula is C8H12N2O3. The maximum absolute atomic E-state index is 10.2. The van der Waals surface area contributed by atoms with E-state index >= 15 is 0 Å². The van der Waals surface area contributed by atoms with Gasteiger partial charge in [-0.15, -0.1) is 0 Å². The van der Waals surface area contributed by atoms with Crippen LogP contribution in [0.1, 0.15) is 0 Å². The summed E-state index contributed by atoms with van der Waals surface area (Å²) in [5.41, 5.74) is 0.221. The van der Waals surface area contributed by atoms with Gasteiger partial charge in [0.2, 0.25) is 0 Å². The molecule has 5 heteroatoms. The largest absolute Gasteiger partial charge is 0.494 e. The number of rotatable bonds is 5. The van der Waals surface area contributed by atoms with Gasteiger partial charge in [-0.05, 0) is 6.58 Å². The fraction of sp³-hybridized carbons (Fsp3) is 0.250. The predicted octanol–water partition coefficient (Wildman–Crippen LogP) is 1.04. The van der Waals surface area contributed by atoms with Crippen LogP contribution in [0, 0.1) is 10.1 Å². The maximum Gasteiger partial charge on any atom is 0.266 e. The van der Waals surface area contributed by atoms with Gasteiger partial charge < -0.3 is 10.1 Å². The highest BCUT2D eigenvalue weighted by atomic mass is 16.6. The number of nitrogens with zero attached hydrogens (tertiary/aromatic N) is 1. The van der Waals surface area contributed by atoms with Crippen molar-refractivity contribution in [2.45, 2.75) is 0 Å². The molecule has 0 atom stereocenters. The molecule has 0 spiro atoms. The van der Waals surface area contributed by atoms with E-state index in [1.54, 1.807) is 7.05 Å². The second kappa shape index (κ2) is 4.97. The van der Waals surface area contributed by atoms with E-state index in [2.05, 4.69) is 18.5 Å². The summed E-state index contributed by atoms with van der Waals surface area (Å²) in [7, 11) is 3.05. The first kappa shape index (κ1) is 11.2. The van der Waals surface area contributed by atoms with Crippen LogP contribution in [-0.4, -0.2) is 19.1 Å². The number of hydrogen-bond donors (Lipinski definition) is 1. The van der Waals surface area contributed by atoms with Gasteiger partial charge in [0.05, 0.1) is 23.8 Å². The van der Waals surface area contributed by atoms with Crippen molar-refractivity contribution in [1.82, 2.24) is 5.32 Å². The first-order valence-electron chi connectivity index (χ1n) is 3.49. The van der Waals surface area contributed by atoms with Gasteiger partial charge in [-0.25, -0.2) is 0 Å². The van der Waals surface area contributed by atoms with Crippen LogP contribution in [0.5, 0.6) is 0 Å². The third-order valence-corrected chi connectivity index (χ3v) is 1.35. The number of likely N-dealkylation sites (N-methyl/N-ethyl adjacent to an activating group) is 1. The first-order chi connectivity index (χ1) is 6.02. The molecule has 0 saturated heterocycles. The van der Waals surface area contributed by atoms with E-state index in [1.165, 1.54) is 13.2 Å². The average Bonchev–Trinajstić information content (AvgIpc) is 2.12. The highest BCUT2D eigenvalue weighted by Gasteiger charge is 2.07. The maximum atomic E-state index is 10.2. The number of allylic oxidation sites excluding steroid dienone is 1. The molecule has 1 N–H and O–H groups in total. The Morgan fingerprint density at radius 2 is 2.15 bits per heavy atom. The van der Waals surface area contributed by atoms with Gasteiger partial charge in [0.15, 0.2) is 0 Å². The smallest absolute Gasteiger partial charge is 0.266 e. The molecule has 0 aromatic carbocycles. The lowest BCUT2D eigenvalue weighted by molar-refractivity contribution is -0.418. The standard InChI is InChI=1S/C8H12N2O3/c1-6(10(11)12)5-8(13-4)7(2)9-3/h5,9H,1-2H2,3-4H3/b8-5+. The van der Waals surface area contributed by atoms with Gasteiger partial charge in [0, 0.05) is 7.05 Å². The molecule has 0 heterocycles. The van der Waals surface area contributed by atoms with Crippen LogP contribution in [0.4, 0.5) is 0 Å². The molecule has 0 saturated carbocycles. The van der Waals surface area contributed by atoms with Crippen molar-refractivity contribution in [3.05, 3.63) is 46.5 Å². The summed E-state index contributed by atoms with van der Waals surface area (Å²) < 4.78 is 4.86. The Kier molecular flexibility index (Phi) is 4.29. The molecule has 0 unspecified atom stereocenters. The molecule has 5 nitrogen and oxygen atoms in total. The molecule has 0 amide bonds. The third-order valence-electron chi connectivity index (χ3n) is 1.35. The molecule has 0 bridgehead atoms. The Morgan fingerprint density at radius 1 is 1.62 bits per heavy atom. The summed E-state index contributed by atoms with van der Waals surface area (Å²) in [5.74, 6) is 0.296. The quantitative estimate of drug-likeness (QED) is 0.300.